The van der Waals surface area contributed by atoms with Gasteiger partial charge in [-0.15, -0.1) is 0 Å². The molecule has 118 valence electrons. The highest BCUT2D eigenvalue weighted by atomic mass is 35.5. The number of aromatic amines is 1. The van der Waals surface area contributed by atoms with Gasteiger partial charge < -0.3 is 10.3 Å². The highest BCUT2D eigenvalue weighted by molar-refractivity contribution is 6.44. The molecule has 0 saturated heterocycles. The van der Waals surface area contributed by atoms with Crippen LogP contribution in [-0.2, 0) is 11.2 Å². The first kappa shape index (κ1) is 16.2. The quantitative estimate of drug-likeness (QED) is 0.571. The van der Waals surface area contributed by atoms with Crippen molar-refractivity contribution < 1.29 is 4.79 Å². The zero-order valence-electron chi connectivity index (χ0n) is 12.0. The first-order valence-electron chi connectivity index (χ1n) is 7.04. The van der Waals surface area contributed by atoms with E-state index < -0.39 is 0 Å². The van der Waals surface area contributed by atoms with Crippen LogP contribution >= 0.6 is 34.8 Å². The summed E-state index contributed by atoms with van der Waals surface area (Å²) in [5.74, 6) is -0.129. The van der Waals surface area contributed by atoms with Crippen LogP contribution in [0.15, 0.2) is 42.6 Å². The van der Waals surface area contributed by atoms with E-state index >= 15 is 0 Å². The highest BCUT2D eigenvalue weighted by Crippen LogP contribution is 2.32. The van der Waals surface area contributed by atoms with Gasteiger partial charge in [0.2, 0.25) is 5.91 Å². The minimum Gasteiger partial charge on any atom is -0.361 e. The number of aromatic nitrogens is 1. The molecule has 2 N–H and O–H groups in total. The monoisotopic (exact) mass is 366 g/mol. The Balaban J connectivity index is 1.67. The molecule has 0 fully saturated rings. The van der Waals surface area contributed by atoms with Gasteiger partial charge in [-0.1, -0.05) is 53.0 Å². The number of hydrogen-bond acceptors (Lipinski definition) is 1. The van der Waals surface area contributed by atoms with Crippen LogP contribution in [0, 0.1) is 0 Å². The van der Waals surface area contributed by atoms with Gasteiger partial charge in [0.15, 0.2) is 0 Å². The van der Waals surface area contributed by atoms with E-state index in [2.05, 4.69) is 10.3 Å². The van der Waals surface area contributed by atoms with E-state index in [-0.39, 0.29) is 5.91 Å². The molecule has 1 heterocycles. The van der Waals surface area contributed by atoms with E-state index in [0.717, 1.165) is 16.5 Å². The maximum absolute atomic E-state index is 12.1. The average Bonchev–Trinajstić information content (AvgIpc) is 2.94. The van der Waals surface area contributed by atoms with E-state index in [1.54, 1.807) is 6.07 Å². The van der Waals surface area contributed by atoms with Gasteiger partial charge in [-0.2, -0.15) is 0 Å². The zero-order chi connectivity index (χ0) is 16.4. The lowest BCUT2D eigenvalue weighted by Gasteiger charge is -2.08. The number of halogens is 3. The third kappa shape index (κ3) is 3.63. The Morgan fingerprint density at radius 2 is 1.78 bits per heavy atom. The molecule has 3 aromatic rings. The van der Waals surface area contributed by atoms with E-state index in [1.165, 1.54) is 6.07 Å². The normalized spacial score (nSPS) is 10.9. The molecule has 0 aliphatic carbocycles. The number of H-pyrrole nitrogens is 1. The summed E-state index contributed by atoms with van der Waals surface area (Å²) in [6.07, 6.45) is 2.91. The first-order valence-corrected chi connectivity index (χ1v) is 8.17. The van der Waals surface area contributed by atoms with E-state index in [1.807, 2.05) is 30.5 Å². The van der Waals surface area contributed by atoms with Gasteiger partial charge in [0.1, 0.15) is 0 Å². The summed E-state index contributed by atoms with van der Waals surface area (Å²) in [5, 5.41) is 4.96. The number of aryl methyl sites for hydroxylation is 1. The van der Waals surface area contributed by atoms with Crippen LogP contribution in [0.25, 0.3) is 10.9 Å². The minimum atomic E-state index is -0.129. The molecule has 0 bridgehead atoms. The Hall–Kier alpha value is -1.68. The number of anilines is 1. The van der Waals surface area contributed by atoms with Gasteiger partial charge in [0, 0.05) is 23.5 Å². The second-order valence-corrected chi connectivity index (χ2v) is 6.38. The highest BCUT2D eigenvalue weighted by Gasteiger charge is 2.11. The van der Waals surface area contributed by atoms with Crippen molar-refractivity contribution in [1.82, 2.24) is 4.98 Å². The Labute approximate surface area is 148 Å². The summed E-state index contributed by atoms with van der Waals surface area (Å²) in [7, 11) is 0. The number of carbonyl (C=O) groups excluding carboxylic acids is 1. The summed E-state index contributed by atoms with van der Waals surface area (Å²) in [6.45, 7) is 0. The average molecular weight is 368 g/mol. The fourth-order valence-electron chi connectivity index (χ4n) is 2.42. The van der Waals surface area contributed by atoms with Gasteiger partial charge >= 0.3 is 0 Å². The molecule has 6 heteroatoms. The van der Waals surface area contributed by atoms with Crippen molar-refractivity contribution in [2.45, 2.75) is 12.8 Å². The fraction of sp³-hybridized carbons (Fsp3) is 0.118. The lowest BCUT2D eigenvalue weighted by molar-refractivity contribution is -0.116. The van der Waals surface area contributed by atoms with Crippen LogP contribution < -0.4 is 5.32 Å². The van der Waals surface area contributed by atoms with Gasteiger partial charge in [-0.3, -0.25) is 4.79 Å². The Kier molecular flexibility index (Phi) is 4.81. The van der Waals surface area contributed by atoms with Crippen molar-refractivity contribution >= 4 is 57.3 Å². The molecule has 0 spiro atoms. The molecule has 0 aliphatic rings. The van der Waals surface area contributed by atoms with Crippen molar-refractivity contribution in [3.05, 3.63) is 63.2 Å². The standard InChI is InChI=1S/C17H13Cl3N2O/c18-12-7-14(20)16(8-13(12)19)22-17(23)6-5-10-9-21-15-4-2-1-3-11(10)15/h1-4,7-9,21H,5-6H2,(H,22,23). The van der Waals surface area contributed by atoms with Crippen LogP contribution in [0.4, 0.5) is 5.69 Å². The number of nitrogens with one attached hydrogen (secondary N) is 2. The zero-order valence-corrected chi connectivity index (χ0v) is 14.3. The second kappa shape index (κ2) is 6.83. The molecule has 2 aromatic carbocycles. The Bertz CT molecular complexity index is 873. The summed E-state index contributed by atoms with van der Waals surface area (Å²) in [6, 6.07) is 11.1. The number of hydrogen-bond donors (Lipinski definition) is 2. The molecule has 23 heavy (non-hydrogen) atoms. The van der Waals surface area contributed by atoms with Gasteiger partial charge in [0.05, 0.1) is 20.8 Å². The predicted molar refractivity (Wildman–Crippen MR) is 96.7 cm³/mol. The molecule has 0 atom stereocenters. The third-order valence-corrected chi connectivity index (χ3v) is 4.62. The maximum Gasteiger partial charge on any atom is 0.224 e. The largest absolute Gasteiger partial charge is 0.361 e. The number of rotatable bonds is 4. The van der Waals surface area contributed by atoms with Crippen LogP contribution in [0.2, 0.25) is 15.1 Å². The minimum absolute atomic E-state index is 0.129. The predicted octanol–water partition coefficient (Wildman–Crippen LogP) is 5.70. The number of benzene rings is 2. The fourth-order valence-corrected chi connectivity index (χ4v) is 3.01. The lowest BCUT2D eigenvalue weighted by atomic mass is 10.1. The molecule has 0 radical (unpaired) electrons. The summed E-state index contributed by atoms with van der Waals surface area (Å²) in [5.41, 5.74) is 2.64. The molecule has 3 nitrogen and oxygen atoms in total. The van der Waals surface area contributed by atoms with Crippen molar-refractivity contribution in [2.75, 3.05) is 5.32 Å². The molecule has 0 unspecified atom stereocenters. The van der Waals surface area contributed by atoms with Crippen LogP contribution in [0.5, 0.6) is 0 Å². The number of carbonyl (C=O) groups is 1. The van der Waals surface area contributed by atoms with Crippen LogP contribution in [0.1, 0.15) is 12.0 Å². The molecular weight excluding hydrogens is 355 g/mol. The van der Waals surface area contributed by atoms with Gasteiger partial charge in [-0.25, -0.2) is 0 Å². The molecule has 1 amide bonds. The van der Waals surface area contributed by atoms with E-state index in [4.69, 9.17) is 34.8 Å². The smallest absolute Gasteiger partial charge is 0.224 e. The summed E-state index contributed by atoms with van der Waals surface area (Å²) >= 11 is 17.9. The lowest BCUT2D eigenvalue weighted by Crippen LogP contribution is -2.12. The van der Waals surface area contributed by atoms with Crippen LogP contribution in [0.3, 0.4) is 0 Å². The molecule has 3 rings (SSSR count). The first-order chi connectivity index (χ1) is 11.0. The van der Waals surface area contributed by atoms with Gasteiger partial charge in [-0.05, 0) is 30.2 Å². The Morgan fingerprint density at radius 1 is 1.04 bits per heavy atom. The molecule has 0 saturated carbocycles. The van der Waals surface area contributed by atoms with Crippen molar-refractivity contribution in [1.29, 1.82) is 0 Å². The van der Waals surface area contributed by atoms with Crippen molar-refractivity contribution in [3.63, 3.8) is 0 Å². The molecule has 1 aromatic heterocycles. The molecular formula is C17H13Cl3N2O. The van der Waals surface area contributed by atoms with Crippen molar-refractivity contribution in [3.8, 4) is 0 Å². The topological polar surface area (TPSA) is 44.9 Å². The SMILES string of the molecule is O=C(CCc1c[nH]c2ccccc12)Nc1cc(Cl)c(Cl)cc1Cl. The van der Waals surface area contributed by atoms with Crippen molar-refractivity contribution in [2.24, 2.45) is 0 Å². The molecule has 0 aliphatic heterocycles. The van der Waals surface area contributed by atoms with E-state index in [9.17, 15) is 4.79 Å². The maximum atomic E-state index is 12.1. The second-order valence-electron chi connectivity index (χ2n) is 5.15. The Morgan fingerprint density at radius 3 is 2.61 bits per heavy atom. The summed E-state index contributed by atoms with van der Waals surface area (Å²) < 4.78 is 0. The number of para-hydroxylation sites is 1. The number of amides is 1. The van der Waals surface area contributed by atoms with Gasteiger partial charge in [0.25, 0.3) is 0 Å². The summed E-state index contributed by atoms with van der Waals surface area (Å²) in [4.78, 5) is 15.3. The van der Waals surface area contributed by atoms with Crippen LogP contribution in [-0.4, -0.2) is 10.9 Å². The third-order valence-electron chi connectivity index (χ3n) is 3.58. The van der Waals surface area contributed by atoms with E-state index in [0.29, 0.717) is 33.6 Å². The number of fused-ring (bicyclic) bond motifs is 1.